The van der Waals surface area contributed by atoms with E-state index in [-0.39, 0.29) is 0 Å². The molecular formula is C8H13N3S2. The zero-order chi connectivity index (χ0) is 9.26. The highest BCUT2D eigenvalue weighted by atomic mass is 32.2. The molecule has 72 valence electrons. The van der Waals surface area contributed by atoms with Crippen LogP contribution in [0.2, 0.25) is 0 Å². The van der Waals surface area contributed by atoms with E-state index >= 15 is 0 Å². The Balaban J connectivity index is 2.27. The Morgan fingerprint density at radius 2 is 2.15 bits per heavy atom. The van der Waals surface area contributed by atoms with Crippen LogP contribution in [0.4, 0.5) is 10.8 Å². The summed E-state index contributed by atoms with van der Waals surface area (Å²) in [6, 6.07) is 0. The van der Waals surface area contributed by atoms with E-state index in [0.29, 0.717) is 5.82 Å². The molecule has 3 nitrogen and oxygen atoms in total. The summed E-state index contributed by atoms with van der Waals surface area (Å²) in [6.07, 6.45) is 4.65. The predicted octanol–water partition coefficient (Wildman–Crippen LogP) is 2.05. The van der Waals surface area contributed by atoms with Crippen molar-refractivity contribution in [2.75, 3.05) is 30.0 Å². The molecule has 0 bridgehead atoms. The summed E-state index contributed by atoms with van der Waals surface area (Å²) in [5, 5.41) is 1.27. The number of anilines is 2. The SMILES string of the molecule is CSc1c(N)nsc1N1CCCC1. The molecule has 2 heterocycles. The maximum atomic E-state index is 5.77. The highest BCUT2D eigenvalue weighted by molar-refractivity contribution is 7.99. The molecule has 0 atom stereocenters. The molecule has 5 heteroatoms. The van der Waals surface area contributed by atoms with Crippen molar-refractivity contribution >= 4 is 34.1 Å². The number of nitrogen functional groups attached to an aromatic ring is 1. The van der Waals surface area contributed by atoms with Crippen LogP contribution in [-0.2, 0) is 0 Å². The van der Waals surface area contributed by atoms with Crippen LogP contribution in [0.1, 0.15) is 12.8 Å². The minimum Gasteiger partial charge on any atom is -0.382 e. The lowest BCUT2D eigenvalue weighted by Crippen LogP contribution is -2.16. The number of nitrogens with zero attached hydrogens (tertiary/aromatic N) is 2. The van der Waals surface area contributed by atoms with Crippen molar-refractivity contribution in [3.63, 3.8) is 0 Å². The van der Waals surface area contributed by atoms with Gasteiger partial charge in [-0.1, -0.05) is 0 Å². The van der Waals surface area contributed by atoms with Gasteiger partial charge in [-0.2, -0.15) is 4.37 Å². The Hall–Kier alpha value is -0.420. The molecule has 0 saturated carbocycles. The number of thioether (sulfide) groups is 1. The normalized spacial score (nSPS) is 16.8. The van der Waals surface area contributed by atoms with Crippen molar-refractivity contribution in [2.24, 2.45) is 0 Å². The Kier molecular flexibility index (Phi) is 2.64. The monoisotopic (exact) mass is 215 g/mol. The first-order chi connectivity index (χ1) is 6.33. The zero-order valence-corrected chi connectivity index (χ0v) is 9.25. The highest BCUT2D eigenvalue weighted by Gasteiger charge is 2.19. The number of nitrogens with two attached hydrogens (primary N) is 1. The molecule has 1 aromatic rings. The molecule has 2 rings (SSSR count). The van der Waals surface area contributed by atoms with E-state index in [1.165, 1.54) is 29.4 Å². The molecule has 1 fully saturated rings. The smallest absolute Gasteiger partial charge is 0.153 e. The second-order valence-electron chi connectivity index (χ2n) is 3.10. The lowest BCUT2D eigenvalue weighted by molar-refractivity contribution is 0.949. The molecule has 1 saturated heterocycles. The first kappa shape index (κ1) is 9.15. The van der Waals surface area contributed by atoms with Gasteiger partial charge < -0.3 is 10.6 Å². The van der Waals surface area contributed by atoms with Crippen LogP contribution in [0.3, 0.4) is 0 Å². The molecule has 0 aliphatic carbocycles. The minimum absolute atomic E-state index is 0.694. The molecule has 1 aliphatic rings. The fraction of sp³-hybridized carbons (Fsp3) is 0.625. The van der Waals surface area contributed by atoms with Gasteiger partial charge in [0.05, 0.1) is 4.90 Å². The fourth-order valence-electron chi connectivity index (χ4n) is 1.60. The Morgan fingerprint density at radius 3 is 2.77 bits per heavy atom. The van der Waals surface area contributed by atoms with Gasteiger partial charge in [0.1, 0.15) is 5.00 Å². The lowest BCUT2D eigenvalue weighted by Gasteiger charge is -2.15. The van der Waals surface area contributed by atoms with Crippen LogP contribution in [0.15, 0.2) is 4.90 Å². The summed E-state index contributed by atoms with van der Waals surface area (Å²) in [7, 11) is 0. The van der Waals surface area contributed by atoms with Crippen molar-refractivity contribution in [3.8, 4) is 0 Å². The Labute approximate surface area is 86.5 Å². The third-order valence-corrected chi connectivity index (χ3v) is 4.12. The molecule has 2 N–H and O–H groups in total. The Bertz CT molecular complexity index is 292. The second kappa shape index (κ2) is 3.75. The highest BCUT2D eigenvalue weighted by Crippen LogP contribution is 2.38. The van der Waals surface area contributed by atoms with Gasteiger partial charge in [-0.3, -0.25) is 0 Å². The van der Waals surface area contributed by atoms with Crippen molar-refractivity contribution < 1.29 is 0 Å². The molecule has 0 unspecified atom stereocenters. The summed E-state index contributed by atoms with van der Waals surface area (Å²) in [6.45, 7) is 2.32. The summed E-state index contributed by atoms with van der Waals surface area (Å²) in [5.74, 6) is 0.694. The van der Waals surface area contributed by atoms with Gasteiger partial charge in [0.15, 0.2) is 5.82 Å². The van der Waals surface area contributed by atoms with E-state index in [9.17, 15) is 0 Å². The van der Waals surface area contributed by atoms with Crippen LogP contribution < -0.4 is 10.6 Å². The fourth-order valence-corrected chi connectivity index (χ4v) is 3.34. The number of rotatable bonds is 2. The molecular weight excluding hydrogens is 202 g/mol. The van der Waals surface area contributed by atoms with E-state index in [1.54, 1.807) is 11.8 Å². The van der Waals surface area contributed by atoms with Crippen molar-refractivity contribution in [2.45, 2.75) is 17.7 Å². The van der Waals surface area contributed by atoms with Gasteiger partial charge >= 0.3 is 0 Å². The van der Waals surface area contributed by atoms with Crippen LogP contribution in [0.5, 0.6) is 0 Å². The van der Waals surface area contributed by atoms with Crippen LogP contribution in [-0.4, -0.2) is 23.7 Å². The van der Waals surface area contributed by atoms with Crippen molar-refractivity contribution in [3.05, 3.63) is 0 Å². The average Bonchev–Trinajstić information content (AvgIpc) is 2.71. The molecule has 0 amide bonds. The predicted molar refractivity (Wildman–Crippen MR) is 59.8 cm³/mol. The van der Waals surface area contributed by atoms with Crippen LogP contribution in [0, 0.1) is 0 Å². The molecule has 1 aromatic heterocycles. The summed E-state index contributed by atoms with van der Waals surface area (Å²) in [5.41, 5.74) is 5.77. The number of aromatic nitrogens is 1. The van der Waals surface area contributed by atoms with E-state index < -0.39 is 0 Å². The first-order valence-corrected chi connectivity index (χ1v) is 6.37. The summed E-state index contributed by atoms with van der Waals surface area (Å²) < 4.78 is 4.19. The van der Waals surface area contributed by atoms with E-state index in [0.717, 1.165) is 18.0 Å². The topological polar surface area (TPSA) is 42.1 Å². The van der Waals surface area contributed by atoms with Gasteiger partial charge in [-0.15, -0.1) is 11.8 Å². The van der Waals surface area contributed by atoms with Gasteiger partial charge in [0, 0.05) is 13.1 Å². The van der Waals surface area contributed by atoms with Gasteiger partial charge in [0.25, 0.3) is 0 Å². The molecule has 13 heavy (non-hydrogen) atoms. The van der Waals surface area contributed by atoms with Gasteiger partial charge in [-0.25, -0.2) is 0 Å². The second-order valence-corrected chi connectivity index (χ2v) is 4.67. The largest absolute Gasteiger partial charge is 0.382 e. The number of hydrogen-bond acceptors (Lipinski definition) is 5. The first-order valence-electron chi connectivity index (χ1n) is 4.37. The quantitative estimate of drug-likeness (QED) is 0.767. The van der Waals surface area contributed by atoms with Crippen LogP contribution in [0.25, 0.3) is 0 Å². The Morgan fingerprint density at radius 1 is 1.46 bits per heavy atom. The van der Waals surface area contributed by atoms with Gasteiger partial charge in [0.2, 0.25) is 0 Å². The van der Waals surface area contributed by atoms with Crippen molar-refractivity contribution in [1.29, 1.82) is 0 Å². The summed E-state index contributed by atoms with van der Waals surface area (Å²) in [4.78, 5) is 3.55. The standard InChI is InChI=1S/C8H13N3S2/c1-12-6-7(9)10-13-8(6)11-4-2-3-5-11/h2-5H2,1H3,(H2,9,10). The molecule has 0 radical (unpaired) electrons. The van der Waals surface area contributed by atoms with E-state index in [1.807, 2.05) is 0 Å². The van der Waals surface area contributed by atoms with E-state index in [2.05, 4.69) is 15.5 Å². The maximum Gasteiger partial charge on any atom is 0.153 e. The van der Waals surface area contributed by atoms with Gasteiger partial charge in [-0.05, 0) is 30.6 Å². The van der Waals surface area contributed by atoms with Crippen molar-refractivity contribution in [1.82, 2.24) is 4.37 Å². The molecule has 1 aliphatic heterocycles. The molecule has 0 spiro atoms. The average molecular weight is 215 g/mol. The maximum absolute atomic E-state index is 5.77. The lowest BCUT2D eigenvalue weighted by atomic mass is 10.4. The summed E-state index contributed by atoms with van der Waals surface area (Å²) >= 11 is 3.22. The van der Waals surface area contributed by atoms with E-state index in [4.69, 9.17) is 5.73 Å². The minimum atomic E-state index is 0.694. The molecule has 0 aromatic carbocycles. The van der Waals surface area contributed by atoms with Crippen LogP contribution >= 0.6 is 23.3 Å². The number of hydrogen-bond donors (Lipinski definition) is 1. The zero-order valence-electron chi connectivity index (χ0n) is 7.62. The third kappa shape index (κ3) is 1.62. The third-order valence-electron chi connectivity index (χ3n) is 2.25.